The number of rotatable bonds is 6. The third kappa shape index (κ3) is 3.58. The minimum atomic E-state index is 0.209. The van der Waals surface area contributed by atoms with Crippen LogP contribution >= 0.6 is 11.3 Å². The summed E-state index contributed by atoms with van der Waals surface area (Å²) in [7, 11) is 0. The lowest BCUT2D eigenvalue weighted by Crippen LogP contribution is -2.14. The van der Waals surface area contributed by atoms with Gasteiger partial charge >= 0.3 is 0 Å². The Morgan fingerprint density at radius 1 is 1.30 bits per heavy atom. The van der Waals surface area contributed by atoms with E-state index >= 15 is 0 Å². The molecule has 1 N–H and O–H groups in total. The number of thiazole rings is 1. The van der Waals surface area contributed by atoms with Crippen LogP contribution < -0.4 is 10.1 Å². The number of nitrogens with zero attached hydrogens (tertiary/aromatic N) is 1. The van der Waals surface area contributed by atoms with Gasteiger partial charge in [-0.2, -0.15) is 0 Å². The summed E-state index contributed by atoms with van der Waals surface area (Å²) in [6.07, 6.45) is 4.83. The zero-order chi connectivity index (χ0) is 13.9. The van der Waals surface area contributed by atoms with Gasteiger partial charge < -0.3 is 10.1 Å². The van der Waals surface area contributed by atoms with E-state index in [4.69, 9.17) is 4.74 Å². The van der Waals surface area contributed by atoms with E-state index in [1.54, 1.807) is 11.3 Å². The Labute approximate surface area is 124 Å². The second-order valence-electron chi connectivity index (χ2n) is 5.48. The predicted octanol–water partition coefficient (Wildman–Crippen LogP) is 3.85. The average molecular weight is 288 g/mol. The maximum atomic E-state index is 5.66. The van der Waals surface area contributed by atoms with Crippen LogP contribution in [0.4, 0.5) is 0 Å². The molecule has 1 aliphatic rings. The number of ether oxygens (including phenoxy) is 1. The summed E-state index contributed by atoms with van der Waals surface area (Å²) >= 11 is 1.76. The minimum absolute atomic E-state index is 0.209. The molecular formula is C16H20N2OS. The molecule has 0 saturated heterocycles. The lowest BCUT2D eigenvalue weighted by atomic mass is 10.2. The minimum Gasteiger partial charge on any atom is -0.491 e. The Morgan fingerprint density at radius 3 is 2.70 bits per heavy atom. The van der Waals surface area contributed by atoms with E-state index in [9.17, 15) is 0 Å². The number of hydrogen-bond acceptors (Lipinski definition) is 4. The maximum Gasteiger partial charge on any atom is 0.123 e. The molecular weight excluding hydrogens is 268 g/mol. The summed E-state index contributed by atoms with van der Waals surface area (Å²) in [4.78, 5) is 5.81. The molecule has 20 heavy (non-hydrogen) atoms. The summed E-state index contributed by atoms with van der Waals surface area (Å²) < 4.78 is 5.66. The van der Waals surface area contributed by atoms with E-state index in [1.165, 1.54) is 17.7 Å². The first-order chi connectivity index (χ1) is 9.70. The highest BCUT2D eigenvalue weighted by molar-refractivity contribution is 7.15. The second-order valence-corrected chi connectivity index (χ2v) is 6.59. The molecule has 0 spiro atoms. The Morgan fingerprint density at radius 2 is 2.05 bits per heavy atom. The first-order valence-electron chi connectivity index (χ1n) is 7.16. The number of nitrogens with one attached hydrogen (secondary N) is 1. The molecule has 1 heterocycles. The van der Waals surface area contributed by atoms with Crippen molar-refractivity contribution in [3.63, 3.8) is 0 Å². The molecule has 1 saturated carbocycles. The van der Waals surface area contributed by atoms with Crippen molar-refractivity contribution in [2.24, 2.45) is 0 Å². The third-order valence-electron chi connectivity index (χ3n) is 3.17. The Hall–Kier alpha value is -1.39. The summed E-state index contributed by atoms with van der Waals surface area (Å²) in [6, 6.07) is 8.93. The van der Waals surface area contributed by atoms with Crippen molar-refractivity contribution in [1.82, 2.24) is 10.3 Å². The second kappa shape index (κ2) is 5.94. The van der Waals surface area contributed by atoms with Crippen LogP contribution in [0, 0.1) is 0 Å². The zero-order valence-electron chi connectivity index (χ0n) is 11.9. The molecule has 4 heteroatoms. The molecule has 106 valence electrons. The van der Waals surface area contributed by atoms with Crippen molar-refractivity contribution in [3.05, 3.63) is 35.3 Å². The molecule has 3 nitrogen and oxygen atoms in total. The third-order valence-corrected chi connectivity index (χ3v) is 4.22. The quantitative estimate of drug-likeness (QED) is 0.876. The van der Waals surface area contributed by atoms with Gasteiger partial charge in [0.25, 0.3) is 0 Å². The highest BCUT2D eigenvalue weighted by Crippen LogP contribution is 2.28. The van der Waals surface area contributed by atoms with Gasteiger partial charge in [0, 0.05) is 29.2 Å². The van der Waals surface area contributed by atoms with Crippen molar-refractivity contribution in [1.29, 1.82) is 0 Å². The predicted molar refractivity (Wildman–Crippen MR) is 83.2 cm³/mol. The topological polar surface area (TPSA) is 34.1 Å². The van der Waals surface area contributed by atoms with Crippen LogP contribution in [-0.4, -0.2) is 17.1 Å². The average Bonchev–Trinajstić information content (AvgIpc) is 3.14. The van der Waals surface area contributed by atoms with Crippen molar-refractivity contribution < 1.29 is 4.74 Å². The SMILES string of the molecule is CC(C)Oc1ccc(-c2ncc(CNC3CC3)s2)cc1. The number of benzene rings is 1. The van der Waals surface area contributed by atoms with Crippen LogP contribution in [-0.2, 0) is 6.54 Å². The lowest BCUT2D eigenvalue weighted by molar-refractivity contribution is 0.242. The molecule has 0 bridgehead atoms. The molecule has 1 aromatic carbocycles. The number of aromatic nitrogens is 1. The fraction of sp³-hybridized carbons (Fsp3) is 0.438. The van der Waals surface area contributed by atoms with Gasteiger partial charge in [0.1, 0.15) is 10.8 Å². The summed E-state index contributed by atoms with van der Waals surface area (Å²) in [6.45, 7) is 5.01. The van der Waals surface area contributed by atoms with Gasteiger partial charge in [-0.15, -0.1) is 11.3 Å². The van der Waals surface area contributed by atoms with E-state index in [1.807, 2.05) is 32.2 Å². The van der Waals surface area contributed by atoms with Crippen LogP contribution in [0.15, 0.2) is 30.5 Å². The van der Waals surface area contributed by atoms with Gasteiger partial charge in [-0.3, -0.25) is 0 Å². The molecule has 1 aliphatic carbocycles. The lowest BCUT2D eigenvalue weighted by Gasteiger charge is -2.09. The molecule has 1 fully saturated rings. The molecule has 3 rings (SSSR count). The molecule has 0 aliphatic heterocycles. The summed E-state index contributed by atoms with van der Waals surface area (Å²) in [5.41, 5.74) is 1.16. The molecule has 0 radical (unpaired) electrons. The molecule has 0 unspecified atom stereocenters. The fourth-order valence-electron chi connectivity index (χ4n) is 2.00. The molecule has 0 atom stereocenters. The summed E-state index contributed by atoms with van der Waals surface area (Å²) in [5.74, 6) is 0.913. The highest BCUT2D eigenvalue weighted by Gasteiger charge is 2.20. The Balaban J connectivity index is 1.65. The van der Waals surface area contributed by atoms with Gasteiger partial charge in [-0.1, -0.05) is 0 Å². The van der Waals surface area contributed by atoms with Crippen molar-refractivity contribution in [2.75, 3.05) is 0 Å². The van der Waals surface area contributed by atoms with Crippen molar-refractivity contribution in [3.8, 4) is 16.3 Å². The fourth-order valence-corrected chi connectivity index (χ4v) is 2.87. The monoisotopic (exact) mass is 288 g/mol. The van der Waals surface area contributed by atoms with Crippen molar-refractivity contribution >= 4 is 11.3 Å². The van der Waals surface area contributed by atoms with Crippen LogP contribution in [0.1, 0.15) is 31.6 Å². The highest BCUT2D eigenvalue weighted by atomic mass is 32.1. The first-order valence-corrected chi connectivity index (χ1v) is 7.97. The number of hydrogen-bond donors (Lipinski definition) is 1. The van der Waals surface area contributed by atoms with Crippen LogP contribution in [0.25, 0.3) is 10.6 Å². The van der Waals surface area contributed by atoms with Crippen LogP contribution in [0.3, 0.4) is 0 Å². The van der Waals surface area contributed by atoms with Crippen LogP contribution in [0.5, 0.6) is 5.75 Å². The van der Waals surface area contributed by atoms with E-state index in [2.05, 4.69) is 22.4 Å². The van der Waals surface area contributed by atoms with Gasteiger partial charge in [0.15, 0.2) is 0 Å². The maximum absolute atomic E-state index is 5.66. The van der Waals surface area contributed by atoms with Gasteiger partial charge in [0.05, 0.1) is 6.10 Å². The van der Waals surface area contributed by atoms with E-state index in [0.717, 1.165) is 28.9 Å². The Kier molecular flexibility index (Phi) is 4.03. The largest absolute Gasteiger partial charge is 0.491 e. The standard InChI is InChI=1S/C16H20N2OS/c1-11(2)19-14-7-3-12(4-8-14)16-18-10-15(20-16)9-17-13-5-6-13/h3-4,7-8,10-11,13,17H,5-6,9H2,1-2H3. The molecule has 1 aromatic heterocycles. The van der Waals surface area contributed by atoms with Gasteiger partial charge in [0.2, 0.25) is 0 Å². The van der Waals surface area contributed by atoms with Gasteiger partial charge in [-0.05, 0) is 51.0 Å². The van der Waals surface area contributed by atoms with Crippen molar-refractivity contribution in [2.45, 2.75) is 45.4 Å². The normalized spacial score (nSPS) is 14.8. The van der Waals surface area contributed by atoms with E-state index in [0.29, 0.717) is 0 Å². The van der Waals surface area contributed by atoms with E-state index in [-0.39, 0.29) is 6.10 Å². The van der Waals surface area contributed by atoms with E-state index < -0.39 is 0 Å². The molecule has 0 amide bonds. The smallest absolute Gasteiger partial charge is 0.123 e. The van der Waals surface area contributed by atoms with Gasteiger partial charge in [-0.25, -0.2) is 4.98 Å². The summed E-state index contributed by atoms with van der Waals surface area (Å²) in [5, 5.41) is 4.60. The van der Waals surface area contributed by atoms with Crippen LogP contribution in [0.2, 0.25) is 0 Å². The Bertz CT molecular complexity index is 558. The molecule has 2 aromatic rings. The zero-order valence-corrected chi connectivity index (χ0v) is 12.7. The first kappa shape index (κ1) is 13.6.